The van der Waals surface area contributed by atoms with E-state index in [4.69, 9.17) is 63.7 Å². The smallest absolute Gasteiger partial charge is 0.194 e. The molecule has 33 heavy (non-hydrogen) atoms. The van der Waals surface area contributed by atoms with Gasteiger partial charge in [-0.3, -0.25) is 0 Å². The number of hydrazone groups is 1. The SMILES string of the molecule is CC(C)(C)C1=NN(C(=S)Nc2ccc(Cl)cc2Cl)C(c2ccc(Cl)cc2Cl)C1n1cncn1. The van der Waals surface area contributed by atoms with Crippen molar-refractivity contribution in [2.45, 2.75) is 32.9 Å². The van der Waals surface area contributed by atoms with Crippen molar-refractivity contribution in [3.8, 4) is 0 Å². The highest BCUT2D eigenvalue weighted by molar-refractivity contribution is 7.80. The summed E-state index contributed by atoms with van der Waals surface area (Å²) in [4.78, 5) is 4.15. The van der Waals surface area contributed by atoms with E-state index in [-0.39, 0.29) is 11.5 Å². The number of aromatic nitrogens is 3. The molecule has 0 spiro atoms. The number of rotatable bonds is 3. The number of nitrogens with zero attached hydrogens (tertiary/aromatic N) is 5. The van der Waals surface area contributed by atoms with Crippen LogP contribution in [-0.4, -0.2) is 30.6 Å². The van der Waals surface area contributed by atoms with E-state index in [2.05, 4.69) is 36.2 Å². The maximum atomic E-state index is 6.66. The highest BCUT2D eigenvalue weighted by Crippen LogP contribution is 2.46. The average Bonchev–Trinajstić information content (AvgIpc) is 3.37. The number of thiocarbonyl (C=S) groups is 1. The molecule has 2 unspecified atom stereocenters. The summed E-state index contributed by atoms with van der Waals surface area (Å²) < 4.78 is 1.78. The van der Waals surface area contributed by atoms with Crippen LogP contribution in [0.5, 0.6) is 0 Å². The molecule has 1 N–H and O–H groups in total. The highest BCUT2D eigenvalue weighted by Gasteiger charge is 2.46. The summed E-state index contributed by atoms with van der Waals surface area (Å²) >= 11 is 31.0. The van der Waals surface area contributed by atoms with Crippen LogP contribution in [0.3, 0.4) is 0 Å². The number of halogens is 4. The number of benzene rings is 2. The topological polar surface area (TPSA) is 58.3 Å². The van der Waals surface area contributed by atoms with Gasteiger partial charge < -0.3 is 5.32 Å². The van der Waals surface area contributed by atoms with E-state index in [0.29, 0.717) is 30.9 Å². The molecule has 0 saturated carbocycles. The standard InChI is InChI=1S/C22H20Cl4N6S/c1-22(2,3)20-19(31-11-27-10-28-31)18(14-6-4-12(23)8-15(14)25)32(30-20)21(33)29-17-7-5-13(24)9-16(17)26/h4-11,18-19H,1-3H3,(H,29,33). The maximum absolute atomic E-state index is 6.66. The van der Waals surface area contributed by atoms with Gasteiger partial charge in [0.25, 0.3) is 0 Å². The first-order valence-corrected chi connectivity index (χ1v) is 11.9. The zero-order chi connectivity index (χ0) is 23.9. The van der Waals surface area contributed by atoms with E-state index in [9.17, 15) is 0 Å². The van der Waals surface area contributed by atoms with Gasteiger partial charge in [-0.1, -0.05) is 73.2 Å². The third kappa shape index (κ3) is 4.98. The Balaban J connectivity index is 1.83. The summed E-state index contributed by atoms with van der Waals surface area (Å²) in [6.45, 7) is 6.27. The normalized spacial score (nSPS) is 18.4. The van der Waals surface area contributed by atoms with E-state index in [1.54, 1.807) is 46.3 Å². The van der Waals surface area contributed by atoms with E-state index < -0.39 is 6.04 Å². The van der Waals surface area contributed by atoms with Crippen molar-refractivity contribution in [2.24, 2.45) is 10.5 Å². The molecule has 172 valence electrons. The first kappa shape index (κ1) is 24.2. The molecular weight excluding hydrogens is 522 g/mol. The summed E-state index contributed by atoms with van der Waals surface area (Å²) in [5.74, 6) is 0. The van der Waals surface area contributed by atoms with E-state index in [0.717, 1.165) is 11.3 Å². The van der Waals surface area contributed by atoms with E-state index in [1.165, 1.54) is 6.33 Å². The molecule has 11 heteroatoms. The van der Waals surface area contributed by atoms with E-state index >= 15 is 0 Å². The molecule has 2 atom stereocenters. The van der Waals surface area contributed by atoms with Gasteiger partial charge in [0, 0.05) is 20.5 Å². The van der Waals surface area contributed by atoms with Crippen molar-refractivity contribution < 1.29 is 0 Å². The molecule has 0 aliphatic carbocycles. The molecule has 6 nitrogen and oxygen atoms in total. The lowest BCUT2D eigenvalue weighted by Crippen LogP contribution is -2.36. The van der Waals surface area contributed by atoms with Crippen LogP contribution in [0.2, 0.25) is 20.1 Å². The predicted octanol–water partition coefficient (Wildman–Crippen LogP) is 7.29. The van der Waals surface area contributed by atoms with Crippen LogP contribution in [0.1, 0.15) is 38.4 Å². The predicted molar refractivity (Wildman–Crippen MR) is 140 cm³/mol. The fourth-order valence-electron chi connectivity index (χ4n) is 3.72. The molecule has 0 saturated heterocycles. The quantitative estimate of drug-likeness (QED) is 0.353. The second kappa shape index (κ2) is 9.39. The maximum Gasteiger partial charge on any atom is 0.194 e. The molecule has 0 amide bonds. The van der Waals surface area contributed by atoms with Crippen LogP contribution in [0.4, 0.5) is 5.69 Å². The molecule has 1 aliphatic rings. The van der Waals surface area contributed by atoms with Crippen LogP contribution in [0.25, 0.3) is 0 Å². The Labute approximate surface area is 217 Å². The van der Waals surface area contributed by atoms with Crippen molar-refractivity contribution in [3.63, 3.8) is 0 Å². The Bertz CT molecular complexity index is 1220. The first-order chi connectivity index (χ1) is 15.6. The van der Waals surface area contributed by atoms with Crippen molar-refractivity contribution >= 4 is 75.1 Å². The average molecular weight is 542 g/mol. The summed E-state index contributed by atoms with van der Waals surface area (Å²) in [5, 5.41) is 16.7. The lowest BCUT2D eigenvalue weighted by atomic mass is 9.82. The Morgan fingerprint density at radius 3 is 2.21 bits per heavy atom. The molecule has 1 aliphatic heterocycles. The summed E-state index contributed by atoms with van der Waals surface area (Å²) in [6.07, 6.45) is 3.16. The Hall–Kier alpha value is -1.90. The van der Waals surface area contributed by atoms with Gasteiger partial charge in [-0.05, 0) is 48.1 Å². The van der Waals surface area contributed by atoms with Crippen LogP contribution in [0, 0.1) is 5.41 Å². The molecule has 4 rings (SSSR count). The minimum absolute atomic E-state index is 0.296. The molecule has 2 heterocycles. The molecule has 3 aromatic rings. The van der Waals surface area contributed by atoms with Gasteiger partial charge in [-0.2, -0.15) is 10.2 Å². The first-order valence-electron chi connectivity index (χ1n) is 9.99. The number of nitrogens with one attached hydrogen (secondary N) is 1. The van der Waals surface area contributed by atoms with Crippen LogP contribution in [-0.2, 0) is 0 Å². The molecule has 0 bridgehead atoms. The van der Waals surface area contributed by atoms with Gasteiger partial charge >= 0.3 is 0 Å². The zero-order valence-electron chi connectivity index (χ0n) is 17.9. The largest absolute Gasteiger partial charge is 0.330 e. The summed E-state index contributed by atoms with van der Waals surface area (Å²) in [5.41, 5.74) is 1.99. The molecule has 2 aromatic carbocycles. The Kier molecular flexibility index (Phi) is 6.90. The summed E-state index contributed by atoms with van der Waals surface area (Å²) in [6, 6.07) is 9.80. The van der Waals surface area contributed by atoms with Crippen molar-refractivity contribution in [1.82, 2.24) is 19.8 Å². The number of hydrogen-bond acceptors (Lipinski definition) is 4. The Morgan fingerprint density at radius 1 is 0.970 bits per heavy atom. The third-order valence-electron chi connectivity index (χ3n) is 5.21. The Morgan fingerprint density at radius 2 is 1.64 bits per heavy atom. The monoisotopic (exact) mass is 540 g/mol. The number of hydrogen-bond donors (Lipinski definition) is 1. The van der Waals surface area contributed by atoms with Crippen LogP contribution < -0.4 is 5.32 Å². The minimum Gasteiger partial charge on any atom is -0.330 e. The van der Waals surface area contributed by atoms with Gasteiger partial charge in [-0.25, -0.2) is 14.7 Å². The lowest BCUT2D eigenvalue weighted by Gasteiger charge is -2.31. The van der Waals surface area contributed by atoms with Gasteiger partial charge in [0.1, 0.15) is 24.7 Å². The third-order valence-corrected chi connectivity index (χ3v) is 6.61. The fourth-order valence-corrected chi connectivity index (χ4v) is 4.96. The molecule has 0 radical (unpaired) electrons. The lowest BCUT2D eigenvalue weighted by molar-refractivity contribution is 0.306. The van der Waals surface area contributed by atoms with Gasteiger partial charge in [-0.15, -0.1) is 0 Å². The fraction of sp³-hybridized carbons (Fsp3) is 0.273. The minimum atomic E-state index is -0.406. The molecule has 1 aromatic heterocycles. The van der Waals surface area contributed by atoms with Gasteiger partial charge in [0.05, 0.1) is 16.4 Å². The molecule has 0 fully saturated rings. The molecular formula is C22H20Cl4N6S. The van der Waals surface area contributed by atoms with Crippen molar-refractivity contribution in [2.75, 3.05) is 5.32 Å². The summed E-state index contributed by atoms with van der Waals surface area (Å²) in [7, 11) is 0. The van der Waals surface area contributed by atoms with Gasteiger partial charge in [0.15, 0.2) is 5.11 Å². The van der Waals surface area contributed by atoms with Crippen LogP contribution in [0.15, 0.2) is 54.2 Å². The van der Waals surface area contributed by atoms with Gasteiger partial charge in [0.2, 0.25) is 0 Å². The van der Waals surface area contributed by atoms with E-state index in [1.807, 2.05) is 6.07 Å². The zero-order valence-corrected chi connectivity index (χ0v) is 21.8. The second-order valence-corrected chi connectivity index (χ2v) is 10.6. The number of anilines is 1. The highest BCUT2D eigenvalue weighted by atomic mass is 35.5. The van der Waals surface area contributed by atoms with Crippen LogP contribution >= 0.6 is 58.6 Å². The second-order valence-electron chi connectivity index (χ2n) is 8.57. The van der Waals surface area contributed by atoms with Crippen molar-refractivity contribution in [1.29, 1.82) is 0 Å². The van der Waals surface area contributed by atoms with Crippen molar-refractivity contribution in [3.05, 3.63) is 74.7 Å².